The van der Waals surface area contributed by atoms with Gasteiger partial charge in [0, 0.05) is 6.21 Å². The number of allylic oxidation sites excluding steroid dienone is 1. The van der Waals surface area contributed by atoms with E-state index in [9.17, 15) is 0 Å². The lowest BCUT2D eigenvalue weighted by atomic mass is 10.2. The molecular weight excluding hydrogens is 122 g/mol. The molecular formula is C6H8ClN. The first-order valence-electron chi connectivity index (χ1n) is 2.68. The third kappa shape index (κ3) is 1.10. The Balaban J connectivity index is 2.76. The maximum atomic E-state index is 5.65. The number of hydrogen-bond acceptors (Lipinski definition) is 1. The van der Waals surface area contributed by atoms with Crippen LogP contribution in [0.1, 0.15) is 19.8 Å². The molecule has 0 unspecified atom stereocenters. The van der Waals surface area contributed by atoms with Crippen molar-refractivity contribution >= 4 is 17.8 Å². The minimum absolute atomic E-state index is 0.677. The maximum absolute atomic E-state index is 5.65. The second-order valence-corrected chi connectivity index (χ2v) is 2.28. The molecule has 0 aromatic carbocycles. The Kier molecular flexibility index (Phi) is 1.69. The van der Waals surface area contributed by atoms with Gasteiger partial charge in [0.1, 0.15) is 5.16 Å². The van der Waals surface area contributed by atoms with Gasteiger partial charge in [-0.2, -0.15) is 0 Å². The number of hydrogen-bond donors (Lipinski definition) is 0. The van der Waals surface area contributed by atoms with E-state index >= 15 is 0 Å². The Bertz CT molecular complexity index is 147. The lowest BCUT2D eigenvalue weighted by Crippen LogP contribution is -1.88. The third-order valence-corrected chi connectivity index (χ3v) is 1.63. The highest BCUT2D eigenvalue weighted by Crippen LogP contribution is 2.18. The normalized spacial score (nSPS) is 19.8. The molecule has 0 saturated carbocycles. The molecule has 0 aromatic heterocycles. The minimum atomic E-state index is 0.677. The zero-order valence-electron chi connectivity index (χ0n) is 4.82. The molecule has 0 fully saturated rings. The molecule has 0 N–H and O–H groups in total. The van der Waals surface area contributed by atoms with Crippen molar-refractivity contribution in [1.82, 2.24) is 0 Å². The van der Waals surface area contributed by atoms with E-state index in [1.54, 1.807) is 0 Å². The van der Waals surface area contributed by atoms with E-state index in [0.717, 1.165) is 12.8 Å². The van der Waals surface area contributed by atoms with Crippen molar-refractivity contribution in [2.75, 3.05) is 0 Å². The summed E-state index contributed by atoms with van der Waals surface area (Å²) in [5.41, 5.74) is 1.20. The molecule has 2 heteroatoms. The van der Waals surface area contributed by atoms with Crippen LogP contribution >= 0.6 is 11.6 Å². The monoisotopic (exact) mass is 129 g/mol. The predicted octanol–water partition coefficient (Wildman–Crippen LogP) is 2.32. The predicted molar refractivity (Wildman–Crippen MR) is 36.3 cm³/mol. The van der Waals surface area contributed by atoms with Crippen LogP contribution in [0.5, 0.6) is 0 Å². The van der Waals surface area contributed by atoms with E-state index in [4.69, 9.17) is 11.6 Å². The Hall–Kier alpha value is -0.300. The van der Waals surface area contributed by atoms with Crippen LogP contribution in [0.3, 0.4) is 0 Å². The summed E-state index contributed by atoms with van der Waals surface area (Å²) in [7, 11) is 0. The lowest BCUT2D eigenvalue weighted by Gasteiger charge is -2.03. The van der Waals surface area contributed by atoms with Gasteiger partial charge in [0.2, 0.25) is 0 Å². The molecule has 44 valence electrons. The summed E-state index contributed by atoms with van der Waals surface area (Å²) in [5.74, 6) is 0. The van der Waals surface area contributed by atoms with Crippen molar-refractivity contribution in [2.24, 2.45) is 4.99 Å². The Morgan fingerprint density at radius 1 is 1.75 bits per heavy atom. The second kappa shape index (κ2) is 2.31. The van der Waals surface area contributed by atoms with E-state index < -0.39 is 0 Å². The molecule has 0 radical (unpaired) electrons. The first-order chi connectivity index (χ1) is 3.80. The largest absolute Gasteiger partial charge is 0.249 e. The molecule has 0 bridgehead atoms. The zero-order valence-corrected chi connectivity index (χ0v) is 5.57. The molecule has 8 heavy (non-hydrogen) atoms. The first kappa shape index (κ1) is 5.83. The summed E-state index contributed by atoms with van der Waals surface area (Å²) in [6, 6.07) is 0. The summed E-state index contributed by atoms with van der Waals surface area (Å²) in [4.78, 5) is 3.93. The molecule has 1 rings (SSSR count). The molecule has 0 aliphatic carbocycles. The topological polar surface area (TPSA) is 12.4 Å². The smallest absolute Gasteiger partial charge is 0.127 e. The molecule has 1 nitrogen and oxygen atoms in total. The highest BCUT2D eigenvalue weighted by Gasteiger charge is 1.99. The summed E-state index contributed by atoms with van der Waals surface area (Å²) in [5, 5.41) is 0.677. The Morgan fingerprint density at radius 2 is 2.50 bits per heavy atom. The minimum Gasteiger partial charge on any atom is -0.249 e. The molecule has 0 atom stereocenters. The molecule has 0 amide bonds. The molecule has 0 saturated heterocycles. The fourth-order valence-corrected chi connectivity index (χ4v) is 0.803. The van der Waals surface area contributed by atoms with Crippen LogP contribution in [0.15, 0.2) is 15.7 Å². The molecule has 1 aliphatic rings. The van der Waals surface area contributed by atoms with Crippen molar-refractivity contribution in [3.63, 3.8) is 0 Å². The van der Waals surface area contributed by atoms with Gasteiger partial charge in [-0.1, -0.05) is 11.6 Å². The van der Waals surface area contributed by atoms with Gasteiger partial charge in [-0.15, -0.1) is 0 Å². The van der Waals surface area contributed by atoms with Crippen LogP contribution in [0.2, 0.25) is 0 Å². The third-order valence-electron chi connectivity index (χ3n) is 1.21. The second-order valence-electron chi connectivity index (χ2n) is 1.92. The van der Waals surface area contributed by atoms with Gasteiger partial charge in [0.25, 0.3) is 0 Å². The quantitative estimate of drug-likeness (QED) is 0.445. The van der Waals surface area contributed by atoms with Crippen molar-refractivity contribution < 1.29 is 0 Å². The number of aliphatic imine (C=N–C) groups is 1. The molecule has 1 heterocycles. The van der Waals surface area contributed by atoms with E-state index in [1.807, 2.05) is 13.1 Å². The van der Waals surface area contributed by atoms with E-state index in [1.165, 1.54) is 5.57 Å². The summed E-state index contributed by atoms with van der Waals surface area (Å²) in [6.45, 7) is 2.01. The van der Waals surface area contributed by atoms with Gasteiger partial charge >= 0.3 is 0 Å². The average Bonchev–Trinajstić information content (AvgIpc) is 1.77. The van der Waals surface area contributed by atoms with Crippen LogP contribution in [-0.4, -0.2) is 6.21 Å². The summed E-state index contributed by atoms with van der Waals surface area (Å²) >= 11 is 5.65. The lowest BCUT2D eigenvalue weighted by molar-refractivity contribution is 0.985. The van der Waals surface area contributed by atoms with Crippen LogP contribution in [0, 0.1) is 0 Å². The van der Waals surface area contributed by atoms with Crippen molar-refractivity contribution in [3.8, 4) is 0 Å². The fourth-order valence-electron chi connectivity index (χ4n) is 0.639. The fraction of sp³-hybridized carbons (Fsp3) is 0.500. The van der Waals surface area contributed by atoms with Gasteiger partial charge in [0.05, 0.1) is 0 Å². The van der Waals surface area contributed by atoms with Crippen LogP contribution in [0.4, 0.5) is 0 Å². The van der Waals surface area contributed by atoms with Crippen LogP contribution in [-0.2, 0) is 0 Å². The molecule has 0 aromatic rings. The number of rotatable bonds is 0. The standard InChI is InChI=1S/C6H8ClN/c1-5-3-2-4-8-6(5)7/h4H,2-3H2,1H3. The highest BCUT2D eigenvalue weighted by molar-refractivity contribution is 6.30. The van der Waals surface area contributed by atoms with Gasteiger partial charge in [-0.05, 0) is 25.3 Å². The van der Waals surface area contributed by atoms with Crippen molar-refractivity contribution in [2.45, 2.75) is 19.8 Å². The SMILES string of the molecule is CC1=C(Cl)N=CCC1. The van der Waals surface area contributed by atoms with Crippen molar-refractivity contribution in [3.05, 3.63) is 10.7 Å². The summed E-state index contributed by atoms with van der Waals surface area (Å²) in [6.07, 6.45) is 3.97. The molecule has 0 spiro atoms. The Morgan fingerprint density at radius 3 is 2.88 bits per heavy atom. The Labute approximate surface area is 54.1 Å². The molecule has 1 aliphatic heterocycles. The highest BCUT2D eigenvalue weighted by atomic mass is 35.5. The van der Waals surface area contributed by atoms with E-state index in [-0.39, 0.29) is 0 Å². The van der Waals surface area contributed by atoms with Gasteiger partial charge < -0.3 is 0 Å². The van der Waals surface area contributed by atoms with Gasteiger partial charge in [-0.3, -0.25) is 0 Å². The number of nitrogens with zero attached hydrogens (tertiary/aromatic N) is 1. The first-order valence-corrected chi connectivity index (χ1v) is 3.06. The van der Waals surface area contributed by atoms with Gasteiger partial charge in [-0.25, -0.2) is 4.99 Å². The van der Waals surface area contributed by atoms with Crippen LogP contribution in [0.25, 0.3) is 0 Å². The summed E-state index contributed by atoms with van der Waals surface area (Å²) < 4.78 is 0. The van der Waals surface area contributed by atoms with Crippen molar-refractivity contribution in [1.29, 1.82) is 0 Å². The average molecular weight is 130 g/mol. The number of halogens is 1. The van der Waals surface area contributed by atoms with E-state index in [0.29, 0.717) is 5.16 Å². The maximum Gasteiger partial charge on any atom is 0.127 e. The zero-order chi connectivity index (χ0) is 5.98. The van der Waals surface area contributed by atoms with E-state index in [2.05, 4.69) is 4.99 Å². The van der Waals surface area contributed by atoms with Gasteiger partial charge in [0.15, 0.2) is 0 Å². The van der Waals surface area contributed by atoms with Crippen LogP contribution < -0.4 is 0 Å².